The quantitative estimate of drug-likeness (QED) is 0.442. The molecule has 3 nitrogen and oxygen atoms in total. The Morgan fingerprint density at radius 3 is 2.28 bits per heavy atom. The first-order chi connectivity index (χ1) is 13.8. The predicted molar refractivity (Wildman–Crippen MR) is 122 cm³/mol. The first-order valence-electron chi connectivity index (χ1n) is 10.8. The molecule has 0 N–H and O–H groups in total. The Bertz CT molecular complexity index is 879. The molecule has 1 aromatic carbocycles. The Morgan fingerprint density at radius 1 is 1.07 bits per heavy atom. The van der Waals surface area contributed by atoms with Crippen LogP contribution in [0.3, 0.4) is 0 Å². The molecule has 156 valence electrons. The molecular weight excluding hydrogens is 358 g/mol. The van der Waals surface area contributed by atoms with E-state index in [1.807, 2.05) is 19.1 Å². The fourth-order valence-corrected chi connectivity index (χ4v) is 3.57. The fraction of sp³-hybridized carbons (Fsp3) is 0.462. The summed E-state index contributed by atoms with van der Waals surface area (Å²) in [5.41, 5.74) is 6.66. The van der Waals surface area contributed by atoms with E-state index in [2.05, 4.69) is 65.8 Å². The Hall–Kier alpha value is -2.42. The maximum Gasteiger partial charge on any atom is 0.340 e. The molecule has 0 unspecified atom stereocenters. The molecular formula is C26H35NO2. The summed E-state index contributed by atoms with van der Waals surface area (Å²) in [4.78, 5) is 18.2. The molecule has 1 aromatic heterocycles. The van der Waals surface area contributed by atoms with Crippen LogP contribution in [-0.2, 0) is 4.74 Å². The molecule has 0 spiro atoms. The van der Waals surface area contributed by atoms with E-state index in [9.17, 15) is 4.79 Å². The van der Waals surface area contributed by atoms with E-state index in [0.717, 1.165) is 46.5 Å². The number of hydrogen-bond acceptors (Lipinski definition) is 3. The molecule has 0 aliphatic rings. The highest BCUT2D eigenvalue weighted by Gasteiger charge is 2.28. The van der Waals surface area contributed by atoms with Crippen molar-refractivity contribution < 1.29 is 9.53 Å². The highest BCUT2D eigenvalue weighted by Crippen LogP contribution is 2.39. The number of carbonyl (C=O) groups is 1. The number of allylic oxidation sites excluding steroid dienone is 1. The molecule has 2 rings (SSSR count). The number of carbonyl (C=O) groups excluding carboxylic acids is 1. The molecule has 1 heterocycles. The summed E-state index contributed by atoms with van der Waals surface area (Å²) in [6.07, 6.45) is 6.41. The van der Waals surface area contributed by atoms with Crippen LogP contribution in [0.25, 0.3) is 17.2 Å². The summed E-state index contributed by atoms with van der Waals surface area (Å²) < 4.78 is 5.50. The zero-order valence-corrected chi connectivity index (χ0v) is 19.0. The van der Waals surface area contributed by atoms with Crippen molar-refractivity contribution in [3.05, 3.63) is 58.4 Å². The number of unbranched alkanes of at least 4 members (excludes halogenated alkanes) is 1. The van der Waals surface area contributed by atoms with Gasteiger partial charge in [0.2, 0.25) is 0 Å². The number of pyridine rings is 1. The molecule has 0 radical (unpaired) electrons. The van der Waals surface area contributed by atoms with Gasteiger partial charge in [0.05, 0.1) is 23.6 Å². The molecule has 2 aromatic rings. The standard InChI is InChI=1S/C26H35NO2/c1-8-10-11-16-21-22(20-15-13-12-14-19(20)7)23(26(28)29-9-2)25(18(5)6)27-24(21)17(3)4/h11-18H,8-10H2,1-7H3. The van der Waals surface area contributed by atoms with Crippen molar-refractivity contribution in [2.24, 2.45) is 0 Å². The van der Waals surface area contributed by atoms with E-state index >= 15 is 0 Å². The second kappa shape index (κ2) is 10.4. The molecule has 0 fully saturated rings. The van der Waals surface area contributed by atoms with E-state index in [0.29, 0.717) is 12.2 Å². The minimum absolute atomic E-state index is 0.114. The minimum atomic E-state index is -0.289. The second-order valence-corrected chi connectivity index (χ2v) is 8.08. The molecule has 0 atom stereocenters. The third-order valence-electron chi connectivity index (χ3n) is 5.02. The summed E-state index contributed by atoms with van der Waals surface area (Å²) in [5, 5.41) is 0. The van der Waals surface area contributed by atoms with Gasteiger partial charge in [-0.1, -0.05) is 77.5 Å². The van der Waals surface area contributed by atoms with Crippen LogP contribution >= 0.6 is 0 Å². The highest BCUT2D eigenvalue weighted by atomic mass is 16.5. The average Bonchev–Trinajstić information content (AvgIpc) is 2.67. The average molecular weight is 394 g/mol. The van der Waals surface area contributed by atoms with Crippen molar-refractivity contribution in [2.45, 2.75) is 73.1 Å². The summed E-state index contributed by atoms with van der Waals surface area (Å²) in [5.74, 6) is 0.0681. The van der Waals surface area contributed by atoms with E-state index in [-0.39, 0.29) is 17.8 Å². The fourth-order valence-electron chi connectivity index (χ4n) is 3.57. The van der Waals surface area contributed by atoms with Gasteiger partial charge in [0.1, 0.15) is 0 Å². The van der Waals surface area contributed by atoms with Crippen molar-refractivity contribution in [1.29, 1.82) is 0 Å². The molecule has 0 aliphatic heterocycles. The number of rotatable bonds is 8. The summed E-state index contributed by atoms with van der Waals surface area (Å²) >= 11 is 0. The van der Waals surface area contributed by atoms with Crippen LogP contribution in [0, 0.1) is 6.92 Å². The van der Waals surface area contributed by atoms with Gasteiger partial charge in [0, 0.05) is 11.1 Å². The van der Waals surface area contributed by atoms with Crippen molar-refractivity contribution >= 4 is 12.0 Å². The van der Waals surface area contributed by atoms with Gasteiger partial charge < -0.3 is 4.74 Å². The van der Waals surface area contributed by atoms with Crippen LogP contribution < -0.4 is 0 Å². The lowest BCUT2D eigenvalue weighted by Crippen LogP contribution is -2.17. The lowest BCUT2D eigenvalue weighted by molar-refractivity contribution is 0.0525. The Balaban J connectivity index is 3.01. The minimum Gasteiger partial charge on any atom is -0.462 e. The van der Waals surface area contributed by atoms with Crippen LogP contribution in [0.5, 0.6) is 0 Å². The van der Waals surface area contributed by atoms with Gasteiger partial charge in [-0.3, -0.25) is 4.98 Å². The number of aryl methyl sites for hydroxylation is 1. The molecule has 0 saturated heterocycles. The lowest BCUT2D eigenvalue weighted by Gasteiger charge is -2.23. The van der Waals surface area contributed by atoms with Crippen LogP contribution in [0.1, 0.15) is 99.1 Å². The molecule has 0 amide bonds. The number of nitrogens with zero attached hydrogens (tertiary/aromatic N) is 1. The number of esters is 1. The van der Waals surface area contributed by atoms with E-state index in [4.69, 9.17) is 9.72 Å². The van der Waals surface area contributed by atoms with Crippen LogP contribution in [0.2, 0.25) is 0 Å². The SMILES string of the molecule is CCCC=Cc1c(C(C)C)nc(C(C)C)c(C(=O)OCC)c1-c1ccccc1C. The van der Waals surface area contributed by atoms with Gasteiger partial charge in [-0.25, -0.2) is 4.79 Å². The Morgan fingerprint density at radius 2 is 1.72 bits per heavy atom. The first-order valence-corrected chi connectivity index (χ1v) is 10.8. The second-order valence-electron chi connectivity index (χ2n) is 8.08. The van der Waals surface area contributed by atoms with Gasteiger partial charge in [0.15, 0.2) is 0 Å². The molecule has 0 aliphatic carbocycles. The van der Waals surface area contributed by atoms with Gasteiger partial charge in [-0.15, -0.1) is 0 Å². The lowest BCUT2D eigenvalue weighted by atomic mass is 9.85. The van der Waals surface area contributed by atoms with Crippen molar-refractivity contribution in [2.75, 3.05) is 6.61 Å². The van der Waals surface area contributed by atoms with Crippen molar-refractivity contribution in [1.82, 2.24) is 4.98 Å². The Kier molecular flexibility index (Phi) is 8.19. The van der Waals surface area contributed by atoms with Gasteiger partial charge in [-0.05, 0) is 43.2 Å². The monoisotopic (exact) mass is 393 g/mol. The third-order valence-corrected chi connectivity index (χ3v) is 5.02. The first kappa shape index (κ1) is 22.9. The van der Waals surface area contributed by atoms with Gasteiger partial charge >= 0.3 is 5.97 Å². The van der Waals surface area contributed by atoms with Gasteiger partial charge in [-0.2, -0.15) is 0 Å². The van der Waals surface area contributed by atoms with Crippen molar-refractivity contribution in [3.8, 4) is 11.1 Å². The normalized spacial score (nSPS) is 11.6. The van der Waals surface area contributed by atoms with Crippen LogP contribution in [0.4, 0.5) is 0 Å². The van der Waals surface area contributed by atoms with E-state index < -0.39 is 0 Å². The topological polar surface area (TPSA) is 39.2 Å². The van der Waals surface area contributed by atoms with Crippen molar-refractivity contribution in [3.63, 3.8) is 0 Å². The maximum atomic E-state index is 13.2. The number of aromatic nitrogens is 1. The zero-order chi connectivity index (χ0) is 21.6. The largest absolute Gasteiger partial charge is 0.462 e. The Labute approximate surface area is 176 Å². The molecule has 3 heteroatoms. The van der Waals surface area contributed by atoms with Crippen LogP contribution in [-0.4, -0.2) is 17.6 Å². The predicted octanol–water partition coefficient (Wildman–Crippen LogP) is 7.29. The number of ether oxygens (including phenoxy) is 1. The molecule has 0 bridgehead atoms. The number of hydrogen-bond donors (Lipinski definition) is 0. The molecule has 0 saturated carbocycles. The summed E-state index contributed by atoms with van der Waals surface area (Å²) in [6, 6.07) is 8.25. The molecule has 29 heavy (non-hydrogen) atoms. The smallest absolute Gasteiger partial charge is 0.340 e. The van der Waals surface area contributed by atoms with Crippen LogP contribution in [0.15, 0.2) is 30.3 Å². The third kappa shape index (κ3) is 5.14. The summed E-state index contributed by atoms with van der Waals surface area (Å²) in [6.45, 7) is 14.9. The zero-order valence-electron chi connectivity index (χ0n) is 19.0. The van der Waals surface area contributed by atoms with E-state index in [1.165, 1.54) is 0 Å². The summed E-state index contributed by atoms with van der Waals surface area (Å²) in [7, 11) is 0. The van der Waals surface area contributed by atoms with E-state index in [1.54, 1.807) is 0 Å². The van der Waals surface area contributed by atoms with Gasteiger partial charge in [0.25, 0.3) is 0 Å². The highest BCUT2D eigenvalue weighted by molar-refractivity contribution is 6.01. The maximum absolute atomic E-state index is 13.2. The number of benzene rings is 1.